The molecule has 0 radical (unpaired) electrons. The van der Waals surface area contributed by atoms with Gasteiger partial charge in [0, 0.05) is 35.6 Å². The van der Waals surface area contributed by atoms with Crippen LogP contribution in [0.5, 0.6) is 0 Å². The molecular formula is C30H41N3O5S2. The standard InChI is InChI=1S/C30H41N3O5S2/c1-30(2,3)38-29(36)40-24-16-23(32-19-24)18-31-22-12-11-21(15-20-9-7-6-8-10-20)25(17-22)27(34)33-26(13-14-39-5)28(35)37-4/h6-12,17,23-24,26,31-32H,13-16,18-19H2,1-5H3,(H,33,34)/t23-,24-,26-/m0/s1. The Morgan fingerprint density at radius 1 is 1.12 bits per heavy atom. The maximum atomic E-state index is 13.5. The van der Waals surface area contributed by atoms with Crippen molar-refractivity contribution in [1.82, 2.24) is 10.6 Å². The van der Waals surface area contributed by atoms with Gasteiger partial charge in [-0.05, 0) is 87.1 Å². The number of ether oxygens (including phenoxy) is 2. The molecule has 40 heavy (non-hydrogen) atoms. The summed E-state index contributed by atoms with van der Waals surface area (Å²) in [7, 11) is 1.33. The fraction of sp³-hybridized carbons (Fsp3) is 0.500. The van der Waals surface area contributed by atoms with E-state index in [2.05, 4.69) is 16.0 Å². The van der Waals surface area contributed by atoms with Crippen molar-refractivity contribution in [2.24, 2.45) is 0 Å². The Balaban J connectivity index is 1.69. The topological polar surface area (TPSA) is 106 Å². The van der Waals surface area contributed by atoms with Crippen LogP contribution in [0.4, 0.5) is 10.5 Å². The molecule has 1 aliphatic rings. The van der Waals surface area contributed by atoms with E-state index in [1.807, 2.05) is 75.6 Å². The first-order valence-corrected chi connectivity index (χ1v) is 15.8. The van der Waals surface area contributed by atoms with Crippen molar-refractivity contribution in [1.29, 1.82) is 0 Å². The summed E-state index contributed by atoms with van der Waals surface area (Å²) in [5.41, 5.74) is 2.79. The number of carbonyl (C=O) groups is 3. The zero-order valence-corrected chi connectivity index (χ0v) is 25.6. The van der Waals surface area contributed by atoms with E-state index in [-0.39, 0.29) is 22.5 Å². The molecule has 1 heterocycles. The molecule has 0 spiro atoms. The van der Waals surface area contributed by atoms with E-state index in [0.717, 1.165) is 35.5 Å². The second-order valence-corrected chi connectivity index (χ2v) is 13.0. The van der Waals surface area contributed by atoms with Crippen molar-refractivity contribution >= 4 is 46.4 Å². The molecule has 0 aromatic heterocycles. The Hall–Kier alpha value is -2.69. The molecule has 3 atom stereocenters. The van der Waals surface area contributed by atoms with Gasteiger partial charge in [-0.25, -0.2) is 9.59 Å². The molecule has 0 unspecified atom stereocenters. The zero-order valence-electron chi connectivity index (χ0n) is 24.0. The molecule has 3 rings (SSSR count). The molecule has 0 saturated carbocycles. The number of nitrogens with one attached hydrogen (secondary N) is 3. The summed E-state index contributed by atoms with van der Waals surface area (Å²) in [5.74, 6) is -0.0357. The smallest absolute Gasteiger partial charge is 0.368 e. The molecular weight excluding hydrogens is 546 g/mol. The van der Waals surface area contributed by atoms with Gasteiger partial charge in [-0.3, -0.25) is 4.79 Å². The molecule has 0 bridgehead atoms. The number of hydrogen-bond acceptors (Lipinski definition) is 9. The second kappa shape index (κ2) is 15.3. The Kier molecular flexibility index (Phi) is 12.2. The highest BCUT2D eigenvalue weighted by Crippen LogP contribution is 2.26. The lowest BCUT2D eigenvalue weighted by molar-refractivity contribution is -0.142. The van der Waals surface area contributed by atoms with Crippen LogP contribution in [0.2, 0.25) is 0 Å². The van der Waals surface area contributed by atoms with Crippen molar-refractivity contribution < 1.29 is 23.9 Å². The van der Waals surface area contributed by atoms with Crippen LogP contribution in [-0.4, -0.2) is 72.3 Å². The molecule has 2 aromatic rings. The van der Waals surface area contributed by atoms with Crippen LogP contribution in [0.15, 0.2) is 48.5 Å². The summed E-state index contributed by atoms with van der Waals surface area (Å²) in [4.78, 5) is 38.0. The number of esters is 1. The third-order valence-corrected chi connectivity index (χ3v) is 7.99. The van der Waals surface area contributed by atoms with E-state index >= 15 is 0 Å². The summed E-state index contributed by atoms with van der Waals surface area (Å²) in [6.07, 6.45) is 3.86. The lowest BCUT2D eigenvalue weighted by Crippen LogP contribution is -2.42. The fourth-order valence-corrected chi connectivity index (χ4v) is 5.96. The predicted molar refractivity (Wildman–Crippen MR) is 164 cm³/mol. The first kappa shape index (κ1) is 31.8. The molecule has 218 valence electrons. The third-order valence-electron chi connectivity index (χ3n) is 6.38. The van der Waals surface area contributed by atoms with E-state index in [1.54, 1.807) is 11.8 Å². The number of rotatable bonds is 12. The fourth-order valence-electron chi connectivity index (χ4n) is 4.41. The molecule has 8 nitrogen and oxygen atoms in total. The summed E-state index contributed by atoms with van der Waals surface area (Å²) in [6.45, 7) is 6.97. The first-order chi connectivity index (χ1) is 19.1. The Morgan fingerprint density at radius 3 is 2.55 bits per heavy atom. The van der Waals surface area contributed by atoms with Crippen molar-refractivity contribution in [3.63, 3.8) is 0 Å². The van der Waals surface area contributed by atoms with Crippen molar-refractivity contribution in [2.75, 3.05) is 37.5 Å². The lowest BCUT2D eigenvalue weighted by Gasteiger charge is -2.20. The van der Waals surface area contributed by atoms with Crippen LogP contribution >= 0.6 is 23.5 Å². The SMILES string of the molecule is COC(=O)[C@H](CCSC)NC(=O)c1cc(NC[C@@H]2C[C@H](SC(=O)OC(C)(C)C)CN2)ccc1Cc1ccccc1. The van der Waals surface area contributed by atoms with Gasteiger partial charge < -0.3 is 25.4 Å². The number of thioether (sulfide) groups is 2. The average molecular weight is 588 g/mol. The zero-order chi connectivity index (χ0) is 29.1. The molecule has 1 aliphatic heterocycles. The number of amides is 1. The van der Waals surface area contributed by atoms with Crippen molar-refractivity contribution in [2.45, 2.75) is 63.0 Å². The van der Waals surface area contributed by atoms with E-state index in [9.17, 15) is 14.4 Å². The Labute approximate surface area is 246 Å². The lowest BCUT2D eigenvalue weighted by atomic mass is 9.98. The van der Waals surface area contributed by atoms with Gasteiger partial charge in [0.15, 0.2) is 0 Å². The highest BCUT2D eigenvalue weighted by molar-refractivity contribution is 8.13. The molecule has 2 aromatic carbocycles. The third kappa shape index (κ3) is 10.4. The largest absolute Gasteiger partial charge is 0.467 e. The summed E-state index contributed by atoms with van der Waals surface area (Å²) in [6, 6.07) is 15.2. The van der Waals surface area contributed by atoms with E-state index < -0.39 is 17.6 Å². The maximum Gasteiger partial charge on any atom is 0.368 e. The minimum absolute atomic E-state index is 0.146. The van der Waals surface area contributed by atoms with Gasteiger partial charge in [-0.15, -0.1) is 0 Å². The number of carbonyl (C=O) groups excluding carboxylic acids is 3. The van der Waals surface area contributed by atoms with Gasteiger partial charge in [0.1, 0.15) is 11.6 Å². The molecule has 1 saturated heterocycles. The van der Waals surface area contributed by atoms with Gasteiger partial charge >= 0.3 is 11.3 Å². The van der Waals surface area contributed by atoms with E-state index in [0.29, 0.717) is 24.9 Å². The van der Waals surface area contributed by atoms with E-state index in [1.165, 1.54) is 18.9 Å². The predicted octanol–water partition coefficient (Wildman–Crippen LogP) is 5.11. The van der Waals surface area contributed by atoms with Gasteiger partial charge in [-0.1, -0.05) is 36.4 Å². The van der Waals surface area contributed by atoms with Crippen LogP contribution < -0.4 is 16.0 Å². The van der Waals surface area contributed by atoms with Crippen LogP contribution in [0.25, 0.3) is 0 Å². The number of hydrogen-bond donors (Lipinski definition) is 3. The van der Waals surface area contributed by atoms with Crippen LogP contribution in [0, 0.1) is 0 Å². The van der Waals surface area contributed by atoms with Gasteiger partial charge in [0.25, 0.3) is 5.91 Å². The van der Waals surface area contributed by atoms with Crippen LogP contribution in [0.3, 0.4) is 0 Å². The minimum atomic E-state index is -0.715. The number of methoxy groups -OCH3 is 1. The molecule has 10 heteroatoms. The van der Waals surface area contributed by atoms with Crippen LogP contribution in [-0.2, 0) is 20.7 Å². The van der Waals surface area contributed by atoms with Gasteiger partial charge in [-0.2, -0.15) is 11.8 Å². The maximum absolute atomic E-state index is 13.5. The number of benzene rings is 2. The van der Waals surface area contributed by atoms with Crippen molar-refractivity contribution in [3.8, 4) is 0 Å². The van der Waals surface area contributed by atoms with E-state index in [4.69, 9.17) is 9.47 Å². The molecule has 3 N–H and O–H groups in total. The second-order valence-electron chi connectivity index (χ2n) is 10.8. The molecule has 1 fully saturated rings. The normalized spacial score (nSPS) is 17.6. The summed E-state index contributed by atoms with van der Waals surface area (Å²) < 4.78 is 10.4. The quantitative estimate of drug-likeness (QED) is 0.292. The Bertz CT molecular complexity index is 1140. The highest BCUT2D eigenvalue weighted by atomic mass is 32.2. The number of anilines is 1. The monoisotopic (exact) mass is 587 g/mol. The summed E-state index contributed by atoms with van der Waals surface area (Å²) in [5, 5.41) is 9.70. The molecule has 1 amide bonds. The molecule has 0 aliphatic carbocycles. The minimum Gasteiger partial charge on any atom is -0.467 e. The Morgan fingerprint density at radius 2 is 1.88 bits per heavy atom. The first-order valence-electron chi connectivity index (χ1n) is 13.5. The van der Waals surface area contributed by atoms with Gasteiger partial charge in [0.2, 0.25) is 0 Å². The van der Waals surface area contributed by atoms with Gasteiger partial charge in [0.05, 0.1) is 7.11 Å². The van der Waals surface area contributed by atoms with Crippen molar-refractivity contribution in [3.05, 3.63) is 65.2 Å². The highest BCUT2D eigenvalue weighted by Gasteiger charge is 2.29. The summed E-state index contributed by atoms with van der Waals surface area (Å²) >= 11 is 2.85. The average Bonchev–Trinajstić information content (AvgIpc) is 3.36. The van der Waals surface area contributed by atoms with Crippen LogP contribution in [0.1, 0.15) is 55.1 Å².